The lowest BCUT2D eigenvalue weighted by Gasteiger charge is -2.22. The summed E-state index contributed by atoms with van der Waals surface area (Å²) in [7, 11) is 0. The third-order valence-electron chi connectivity index (χ3n) is 5.82. The number of pyridine rings is 1. The Hall–Kier alpha value is -3.62. The molecule has 0 saturated heterocycles. The molecular weight excluding hydrogens is 421 g/mol. The molecule has 9 heteroatoms. The van der Waals surface area contributed by atoms with E-state index in [0.717, 1.165) is 23.3 Å². The summed E-state index contributed by atoms with van der Waals surface area (Å²) < 4.78 is 42.9. The van der Waals surface area contributed by atoms with Gasteiger partial charge in [0.15, 0.2) is 11.3 Å². The quantitative estimate of drug-likeness (QED) is 0.500. The molecule has 1 aliphatic heterocycles. The van der Waals surface area contributed by atoms with E-state index in [2.05, 4.69) is 19.8 Å². The number of hydrogen-bond donors (Lipinski definition) is 1. The van der Waals surface area contributed by atoms with Crippen molar-refractivity contribution in [3.05, 3.63) is 75.7 Å². The van der Waals surface area contributed by atoms with E-state index in [0.29, 0.717) is 35.4 Å². The Kier molecular flexibility index (Phi) is 4.76. The van der Waals surface area contributed by atoms with Crippen molar-refractivity contribution in [3.8, 4) is 17.3 Å². The number of H-pyrrole nitrogens is 1. The summed E-state index contributed by atoms with van der Waals surface area (Å²) in [6, 6.07) is 13.3. The average molecular weight is 440 g/mol. The average Bonchev–Trinajstić information content (AvgIpc) is 3.19. The van der Waals surface area contributed by atoms with E-state index in [9.17, 15) is 18.0 Å². The fourth-order valence-electron chi connectivity index (χ4n) is 4.19. The van der Waals surface area contributed by atoms with Crippen LogP contribution in [0.1, 0.15) is 29.3 Å². The number of aromatic amines is 1. The summed E-state index contributed by atoms with van der Waals surface area (Å²) in [5.74, 6) is 1.12. The summed E-state index contributed by atoms with van der Waals surface area (Å²) in [6.07, 6.45) is -3.33. The second kappa shape index (κ2) is 7.51. The molecule has 0 bridgehead atoms. The fraction of sp³-hybridized carbons (Fsp3) is 0.261. The Balaban J connectivity index is 1.42. The lowest BCUT2D eigenvalue weighted by atomic mass is 9.90. The van der Waals surface area contributed by atoms with Crippen LogP contribution in [0.4, 0.5) is 13.2 Å². The van der Waals surface area contributed by atoms with Crippen LogP contribution < -0.4 is 10.2 Å². The van der Waals surface area contributed by atoms with Crippen molar-refractivity contribution in [2.24, 2.45) is 0 Å². The van der Waals surface area contributed by atoms with Gasteiger partial charge < -0.3 is 9.72 Å². The second-order valence-corrected chi connectivity index (χ2v) is 7.88. The van der Waals surface area contributed by atoms with Crippen molar-refractivity contribution in [1.29, 1.82) is 0 Å². The first-order valence-corrected chi connectivity index (χ1v) is 10.2. The smallest absolute Gasteiger partial charge is 0.406 e. The van der Waals surface area contributed by atoms with Gasteiger partial charge in [0.1, 0.15) is 11.6 Å². The van der Waals surface area contributed by atoms with Crippen LogP contribution in [0.15, 0.2) is 53.3 Å². The molecule has 0 saturated carbocycles. The van der Waals surface area contributed by atoms with Crippen LogP contribution in [0.5, 0.6) is 5.75 Å². The molecule has 0 aliphatic carbocycles. The lowest BCUT2D eigenvalue weighted by Crippen LogP contribution is -2.19. The van der Waals surface area contributed by atoms with Crippen molar-refractivity contribution >= 4 is 10.9 Å². The normalized spacial score (nSPS) is 16.2. The van der Waals surface area contributed by atoms with E-state index >= 15 is 0 Å². The highest BCUT2D eigenvalue weighted by molar-refractivity contribution is 5.82. The maximum Gasteiger partial charge on any atom is 0.573 e. The lowest BCUT2D eigenvalue weighted by molar-refractivity contribution is -0.274. The zero-order valence-electron chi connectivity index (χ0n) is 17.1. The maximum absolute atomic E-state index is 12.8. The van der Waals surface area contributed by atoms with E-state index in [4.69, 9.17) is 0 Å². The van der Waals surface area contributed by atoms with E-state index < -0.39 is 6.36 Å². The number of rotatable bonds is 3. The van der Waals surface area contributed by atoms with Gasteiger partial charge in [-0.2, -0.15) is 0 Å². The third-order valence-corrected chi connectivity index (χ3v) is 5.82. The summed E-state index contributed by atoms with van der Waals surface area (Å²) in [4.78, 5) is 20.7. The Morgan fingerprint density at radius 2 is 1.88 bits per heavy atom. The first-order valence-electron chi connectivity index (χ1n) is 10.2. The molecule has 0 spiro atoms. The second-order valence-electron chi connectivity index (χ2n) is 7.88. The minimum Gasteiger partial charge on any atom is -0.406 e. The van der Waals surface area contributed by atoms with Crippen molar-refractivity contribution in [1.82, 2.24) is 19.7 Å². The highest BCUT2D eigenvalue weighted by Gasteiger charge is 2.31. The summed E-state index contributed by atoms with van der Waals surface area (Å²) in [5.41, 5.74) is 2.75. The molecule has 6 nitrogen and oxygen atoms in total. The van der Waals surface area contributed by atoms with Gasteiger partial charge in [-0.1, -0.05) is 24.3 Å². The first-order chi connectivity index (χ1) is 15.3. The number of halogens is 3. The van der Waals surface area contributed by atoms with E-state index in [-0.39, 0.29) is 17.1 Å². The van der Waals surface area contributed by atoms with Crippen molar-refractivity contribution in [2.45, 2.75) is 38.6 Å². The molecule has 0 radical (unpaired) electrons. The molecule has 1 N–H and O–H groups in total. The SMILES string of the molecule is Cc1c(-c2nc3n(n2)CC[C@H](c2ccc(OC(F)(F)F)cc2)C3)[nH]c2ccccc2c1=O. The fourth-order valence-corrected chi connectivity index (χ4v) is 4.19. The predicted octanol–water partition coefficient (Wildman–Crippen LogP) is 4.72. The zero-order valence-corrected chi connectivity index (χ0v) is 17.1. The molecule has 32 heavy (non-hydrogen) atoms. The van der Waals surface area contributed by atoms with Crippen LogP contribution in [-0.2, 0) is 13.0 Å². The van der Waals surface area contributed by atoms with Crippen LogP contribution in [0.25, 0.3) is 22.4 Å². The monoisotopic (exact) mass is 440 g/mol. The van der Waals surface area contributed by atoms with Gasteiger partial charge in [0, 0.05) is 29.4 Å². The van der Waals surface area contributed by atoms with Gasteiger partial charge in [-0.05, 0) is 49.1 Å². The highest BCUT2D eigenvalue weighted by atomic mass is 19.4. The number of alkyl halides is 3. The van der Waals surface area contributed by atoms with Crippen LogP contribution in [0, 0.1) is 6.92 Å². The molecule has 2 aromatic heterocycles. The molecule has 1 atom stereocenters. The van der Waals surface area contributed by atoms with E-state index in [1.165, 1.54) is 12.1 Å². The number of nitrogens with zero attached hydrogens (tertiary/aromatic N) is 3. The Labute approximate surface area is 180 Å². The van der Waals surface area contributed by atoms with Crippen LogP contribution in [0.3, 0.4) is 0 Å². The third kappa shape index (κ3) is 3.74. The zero-order chi connectivity index (χ0) is 22.5. The van der Waals surface area contributed by atoms with Gasteiger partial charge in [-0.15, -0.1) is 18.3 Å². The van der Waals surface area contributed by atoms with Crippen molar-refractivity contribution in [3.63, 3.8) is 0 Å². The number of hydrogen-bond acceptors (Lipinski definition) is 4. The van der Waals surface area contributed by atoms with Gasteiger partial charge in [-0.25, -0.2) is 9.67 Å². The number of fused-ring (bicyclic) bond motifs is 2. The molecule has 3 heterocycles. The molecule has 164 valence electrons. The molecule has 4 aromatic rings. The Bertz CT molecular complexity index is 1360. The molecular formula is C23H19F3N4O2. The van der Waals surface area contributed by atoms with Gasteiger partial charge in [0.25, 0.3) is 0 Å². The molecule has 5 rings (SSSR count). The Morgan fingerprint density at radius 3 is 2.62 bits per heavy atom. The van der Waals surface area contributed by atoms with Crippen LogP contribution >= 0.6 is 0 Å². The largest absolute Gasteiger partial charge is 0.573 e. The topological polar surface area (TPSA) is 72.8 Å². The van der Waals surface area contributed by atoms with Crippen molar-refractivity contribution < 1.29 is 17.9 Å². The van der Waals surface area contributed by atoms with Crippen LogP contribution in [-0.4, -0.2) is 26.1 Å². The number of nitrogens with one attached hydrogen (secondary N) is 1. The number of aryl methyl sites for hydroxylation is 1. The standard InChI is InChI=1S/C23H19F3N4O2/c1-13-20(27-18-5-3-2-4-17(18)21(13)31)22-28-19-12-15(10-11-30(19)29-22)14-6-8-16(9-7-14)32-23(24,25)26/h2-9,15H,10-12H2,1H3,(H,27,31)/t15-/m0/s1. The number of ether oxygens (including phenoxy) is 1. The van der Waals surface area contributed by atoms with E-state index in [1.54, 1.807) is 25.1 Å². The summed E-state index contributed by atoms with van der Waals surface area (Å²) in [5, 5.41) is 5.22. The molecule has 0 amide bonds. The van der Waals surface area contributed by atoms with Gasteiger partial charge in [0.05, 0.1) is 5.69 Å². The van der Waals surface area contributed by atoms with E-state index in [1.807, 2.05) is 22.9 Å². The van der Waals surface area contributed by atoms with Gasteiger partial charge in [0.2, 0.25) is 0 Å². The molecule has 0 fully saturated rings. The van der Waals surface area contributed by atoms with Gasteiger partial charge >= 0.3 is 6.36 Å². The Morgan fingerprint density at radius 1 is 1.12 bits per heavy atom. The molecule has 2 aromatic carbocycles. The first kappa shape index (κ1) is 20.3. The van der Waals surface area contributed by atoms with Crippen molar-refractivity contribution in [2.75, 3.05) is 0 Å². The summed E-state index contributed by atoms with van der Waals surface area (Å²) in [6.45, 7) is 2.39. The molecule has 1 aliphatic rings. The highest BCUT2D eigenvalue weighted by Crippen LogP contribution is 2.32. The van der Waals surface area contributed by atoms with Gasteiger partial charge in [-0.3, -0.25) is 4.79 Å². The predicted molar refractivity (Wildman–Crippen MR) is 113 cm³/mol. The number of benzene rings is 2. The number of aromatic nitrogens is 4. The number of para-hydroxylation sites is 1. The molecule has 0 unspecified atom stereocenters. The minimum atomic E-state index is -4.71. The summed E-state index contributed by atoms with van der Waals surface area (Å²) >= 11 is 0. The van der Waals surface area contributed by atoms with Crippen LogP contribution in [0.2, 0.25) is 0 Å². The maximum atomic E-state index is 12.8. The minimum absolute atomic E-state index is 0.0545.